The first kappa shape index (κ1) is 21.3. The van der Waals surface area contributed by atoms with Gasteiger partial charge in [0.05, 0.1) is 12.3 Å². The van der Waals surface area contributed by atoms with E-state index in [9.17, 15) is 4.79 Å². The summed E-state index contributed by atoms with van der Waals surface area (Å²) in [6.07, 6.45) is 13.0. The highest BCUT2D eigenvalue weighted by atomic mass is 16.5. The van der Waals surface area contributed by atoms with E-state index in [1.807, 2.05) is 41.2 Å². The molecule has 0 unspecified atom stereocenters. The van der Waals surface area contributed by atoms with Gasteiger partial charge in [-0.1, -0.05) is 80.1 Å². The van der Waals surface area contributed by atoms with Crippen LogP contribution in [0.15, 0.2) is 85.2 Å². The fraction of sp³-hybridized carbons (Fsp3) is 0.143. The number of fused-ring (bicyclic) bond motifs is 1. The second-order valence-electron chi connectivity index (χ2n) is 7.53. The van der Waals surface area contributed by atoms with E-state index < -0.39 is 0 Å². The first-order valence-corrected chi connectivity index (χ1v) is 10.9. The van der Waals surface area contributed by atoms with Crippen LogP contribution in [0.2, 0.25) is 0 Å². The maximum absolute atomic E-state index is 12.0. The minimum atomic E-state index is -0.332. The molecule has 0 amide bonds. The Bertz CT molecular complexity index is 1250. The molecule has 0 fully saturated rings. The zero-order valence-corrected chi connectivity index (χ0v) is 18.1. The Balaban J connectivity index is 1.65. The van der Waals surface area contributed by atoms with Crippen molar-refractivity contribution >= 4 is 35.0 Å². The van der Waals surface area contributed by atoms with Gasteiger partial charge < -0.3 is 4.74 Å². The molecule has 1 aromatic heterocycles. The normalized spacial score (nSPS) is 11.5. The standard InChI is InChI=1S/C28H26N2O2/c1-2-3-20-32-27(31)17-16-25-11-6-10-24(28(25)30-19-7-18-29-30)15-13-22-12-14-23-8-4-5-9-26(23)21-22/h4-19,21H,2-3,20H2,1H3/b15-13+,17-16+. The zero-order chi connectivity index (χ0) is 22.2. The van der Waals surface area contributed by atoms with E-state index in [-0.39, 0.29) is 5.97 Å². The van der Waals surface area contributed by atoms with Crippen molar-refractivity contribution in [1.29, 1.82) is 0 Å². The van der Waals surface area contributed by atoms with Crippen molar-refractivity contribution in [2.24, 2.45) is 0 Å². The lowest BCUT2D eigenvalue weighted by atomic mass is 10.0. The smallest absolute Gasteiger partial charge is 0.330 e. The number of para-hydroxylation sites is 1. The van der Waals surface area contributed by atoms with Crippen LogP contribution in [0.25, 0.3) is 34.7 Å². The largest absolute Gasteiger partial charge is 0.463 e. The maximum Gasteiger partial charge on any atom is 0.330 e. The van der Waals surface area contributed by atoms with Crippen LogP contribution in [0.3, 0.4) is 0 Å². The van der Waals surface area contributed by atoms with Crippen molar-refractivity contribution < 1.29 is 9.53 Å². The third-order valence-electron chi connectivity index (χ3n) is 5.20. The van der Waals surface area contributed by atoms with Crippen LogP contribution in [0.1, 0.15) is 36.5 Å². The molecule has 0 saturated carbocycles. The van der Waals surface area contributed by atoms with E-state index in [1.54, 1.807) is 12.3 Å². The molecule has 0 N–H and O–H groups in total. The summed E-state index contributed by atoms with van der Waals surface area (Å²) in [6.45, 7) is 2.51. The summed E-state index contributed by atoms with van der Waals surface area (Å²) in [4.78, 5) is 12.0. The van der Waals surface area contributed by atoms with Crippen molar-refractivity contribution in [3.05, 3.63) is 102 Å². The number of esters is 1. The Kier molecular flexibility index (Phi) is 6.93. The average Bonchev–Trinajstić information content (AvgIpc) is 3.36. The minimum absolute atomic E-state index is 0.332. The van der Waals surface area contributed by atoms with Crippen molar-refractivity contribution in [3.8, 4) is 5.69 Å². The topological polar surface area (TPSA) is 44.1 Å². The lowest BCUT2D eigenvalue weighted by Crippen LogP contribution is -2.03. The molecule has 32 heavy (non-hydrogen) atoms. The number of nitrogens with zero attached hydrogens (tertiary/aromatic N) is 2. The summed E-state index contributed by atoms with van der Waals surface area (Å²) in [7, 11) is 0. The van der Waals surface area contributed by atoms with Crippen LogP contribution < -0.4 is 0 Å². The quantitative estimate of drug-likeness (QED) is 0.140. The van der Waals surface area contributed by atoms with Gasteiger partial charge in [-0.25, -0.2) is 9.48 Å². The maximum atomic E-state index is 12.0. The number of carbonyl (C=O) groups is 1. The molecule has 4 nitrogen and oxygen atoms in total. The van der Waals surface area contributed by atoms with Gasteiger partial charge in [0.1, 0.15) is 0 Å². The van der Waals surface area contributed by atoms with E-state index in [1.165, 1.54) is 16.8 Å². The third-order valence-corrected chi connectivity index (χ3v) is 5.20. The number of carbonyl (C=O) groups excluding carboxylic acids is 1. The molecule has 4 heteroatoms. The van der Waals surface area contributed by atoms with Gasteiger partial charge >= 0.3 is 5.97 Å². The van der Waals surface area contributed by atoms with Crippen molar-refractivity contribution in [1.82, 2.24) is 9.78 Å². The summed E-state index contributed by atoms with van der Waals surface area (Å²) in [6, 6.07) is 22.6. The average molecular weight is 423 g/mol. The van der Waals surface area contributed by atoms with E-state index in [0.29, 0.717) is 6.61 Å². The van der Waals surface area contributed by atoms with Crippen LogP contribution in [-0.4, -0.2) is 22.4 Å². The second kappa shape index (κ2) is 10.4. The van der Waals surface area contributed by atoms with E-state index in [2.05, 4.69) is 60.6 Å². The number of ether oxygens (including phenoxy) is 1. The molecule has 0 atom stereocenters. The summed E-state index contributed by atoms with van der Waals surface area (Å²) in [5.74, 6) is -0.332. The number of hydrogen-bond acceptors (Lipinski definition) is 3. The molecular formula is C28H26N2O2. The van der Waals surface area contributed by atoms with Gasteiger partial charge in [0, 0.05) is 29.6 Å². The zero-order valence-electron chi connectivity index (χ0n) is 18.1. The molecular weight excluding hydrogens is 396 g/mol. The lowest BCUT2D eigenvalue weighted by molar-refractivity contribution is -0.137. The van der Waals surface area contributed by atoms with Crippen LogP contribution in [0, 0.1) is 0 Å². The SMILES string of the molecule is CCCCOC(=O)/C=C/c1cccc(/C=C/c2ccc3ccccc3c2)c1-n1cccn1. The monoisotopic (exact) mass is 422 g/mol. The van der Waals surface area contributed by atoms with E-state index in [4.69, 9.17) is 4.74 Å². The molecule has 160 valence electrons. The molecule has 1 heterocycles. The van der Waals surface area contributed by atoms with Gasteiger partial charge in [-0.3, -0.25) is 0 Å². The molecule has 0 saturated heterocycles. The summed E-state index contributed by atoms with van der Waals surface area (Å²) in [5, 5.41) is 6.85. The number of unbranched alkanes of at least 4 members (excludes halogenated alkanes) is 1. The van der Waals surface area contributed by atoms with Crippen molar-refractivity contribution in [3.63, 3.8) is 0 Å². The predicted octanol–water partition coefficient (Wildman–Crippen LogP) is 6.55. The molecule has 0 spiro atoms. The Morgan fingerprint density at radius 2 is 1.75 bits per heavy atom. The molecule has 4 aromatic rings. The first-order chi connectivity index (χ1) is 15.7. The number of benzene rings is 3. The Labute approximate surface area is 188 Å². The molecule has 0 aliphatic heterocycles. The molecule has 0 aliphatic carbocycles. The van der Waals surface area contributed by atoms with Gasteiger partial charge in [-0.15, -0.1) is 0 Å². The van der Waals surface area contributed by atoms with Crippen molar-refractivity contribution in [2.45, 2.75) is 19.8 Å². The highest BCUT2D eigenvalue weighted by molar-refractivity contribution is 5.89. The molecule has 3 aromatic carbocycles. The summed E-state index contributed by atoms with van der Waals surface area (Å²) >= 11 is 0. The Morgan fingerprint density at radius 3 is 2.53 bits per heavy atom. The highest BCUT2D eigenvalue weighted by Gasteiger charge is 2.08. The number of hydrogen-bond donors (Lipinski definition) is 0. The summed E-state index contributed by atoms with van der Waals surface area (Å²) < 4.78 is 7.06. The van der Waals surface area contributed by atoms with Gasteiger partial charge in [0.25, 0.3) is 0 Å². The van der Waals surface area contributed by atoms with Crippen molar-refractivity contribution in [2.75, 3.05) is 6.61 Å². The number of rotatable bonds is 8. The van der Waals surface area contributed by atoms with E-state index >= 15 is 0 Å². The van der Waals surface area contributed by atoms with Crippen LogP contribution in [-0.2, 0) is 9.53 Å². The fourth-order valence-electron chi connectivity index (χ4n) is 3.54. The summed E-state index contributed by atoms with van der Waals surface area (Å²) in [5.41, 5.74) is 3.92. The molecule has 0 aliphatic rings. The third kappa shape index (κ3) is 5.22. The fourth-order valence-corrected chi connectivity index (χ4v) is 3.54. The lowest BCUT2D eigenvalue weighted by Gasteiger charge is -2.11. The van der Waals surface area contributed by atoms with Gasteiger partial charge in [-0.2, -0.15) is 5.10 Å². The minimum Gasteiger partial charge on any atom is -0.463 e. The predicted molar refractivity (Wildman–Crippen MR) is 131 cm³/mol. The second-order valence-corrected chi connectivity index (χ2v) is 7.53. The van der Waals surface area contributed by atoms with E-state index in [0.717, 1.165) is 35.2 Å². The van der Waals surface area contributed by atoms with Crippen LogP contribution in [0.4, 0.5) is 0 Å². The van der Waals surface area contributed by atoms with Gasteiger partial charge in [0.15, 0.2) is 0 Å². The van der Waals surface area contributed by atoms with Crippen LogP contribution >= 0.6 is 0 Å². The molecule has 4 rings (SSSR count). The first-order valence-electron chi connectivity index (χ1n) is 10.9. The van der Waals surface area contributed by atoms with Crippen LogP contribution in [0.5, 0.6) is 0 Å². The Morgan fingerprint density at radius 1 is 0.938 bits per heavy atom. The Hall–Kier alpha value is -3.92. The molecule has 0 radical (unpaired) electrons. The van der Waals surface area contributed by atoms with Gasteiger partial charge in [0.2, 0.25) is 0 Å². The highest BCUT2D eigenvalue weighted by Crippen LogP contribution is 2.24. The van der Waals surface area contributed by atoms with Gasteiger partial charge in [-0.05, 0) is 41.0 Å². The molecule has 0 bridgehead atoms. The number of aromatic nitrogens is 2.